The van der Waals surface area contributed by atoms with Gasteiger partial charge in [-0.15, -0.1) is 0 Å². The minimum Gasteiger partial charge on any atom is -0.355 e. The fraction of sp³-hybridized carbons (Fsp3) is 0.222. The molecule has 23 heavy (non-hydrogen) atoms. The standard InChI is InChI=1S/C18H18N2O2S/c1-13-3-4-15-12-18(19-17(15)11-13)14-5-7-16(8-6-14)20-9-2-10-23(20,21)22/h3-8,11-12,19H,2,9-10H2,1H3. The van der Waals surface area contributed by atoms with E-state index < -0.39 is 10.0 Å². The largest absolute Gasteiger partial charge is 0.355 e. The van der Waals surface area contributed by atoms with E-state index in [4.69, 9.17) is 0 Å². The minimum absolute atomic E-state index is 0.246. The molecule has 4 nitrogen and oxygen atoms in total. The zero-order chi connectivity index (χ0) is 16.0. The lowest BCUT2D eigenvalue weighted by atomic mass is 10.1. The molecule has 4 rings (SSSR count). The van der Waals surface area contributed by atoms with Gasteiger partial charge in [-0.05, 0) is 48.7 Å². The van der Waals surface area contributed by atoms with Gasteiger partial charge in [0.1, 0.15) is 0 Å². The second-order valence-corrected chi connectivity index (χ2v) is 8.08. The Labute approximate surface area is 135 Å². The number of nitrogens with one attached hydrogen (secondary N) is 1. The Morgan fingerprint density at radius 3 is 2.52 bits per heavy atom. The van der Waals surface area contributed by atoms with Gasteiger partial charge in [-0.3, -0.25) is 4.31 Å². The molecule has 0 unspecified atom stereocenters. The van der Waals surface area contributed by atoms with E-state index in [0.29, 0.717) is 13.0 Å². The number of H-pyrrole nitrogens is 1. The maximum Gasteiger partial charge on any atom is 0.235 e. The number of aromatic amines is 1. The van der Waals surface area contributed by atoms with Crippen LogP contribution in [0, 0.1) is 6.92 Å². The SMILES string of the molecule is Cc1ccc2cc(-c3ccc(N4CCCS4(=O)=O)cc3)[nH]c2c1. The van der Waals surface area contributed by atoms with Crippen molar-refractivity contribution in [1.82, 2.24) is 4.98 Å². The fourth-order valence-electron chi connectivity index (χ4n) is 3.13. The molecule has 1 aliphatic rings. The van der Waals surface area contributed by atoms with Crippen LogP contribution >= 0.6 is 0 Å². The molecule has 0 spiro atoms. The quantitative estimate of drug-likeness (QED) is 0.781. The molecule has 0 radical (unpaired) electrons. The number of aromatic nitrogens is 1. The number of nitrogens with zero attached hydrogens (tertiary/aromatic N) is 1. The second kappa shape index (κ2) is 5.13. The molecular weight excluding hydrogens is 308 g/mol. The normalized spacial score (nSPS) is 17.0. The van der Waals surface area contributed by atoms with Gasteiger partial charge in [0.2, 0.25) is 10.0 Å². The first kappa shape index (κ1) is 14.3. The van der Waals surface area contributed by atoms with Crippen LogP contribution in [0.25, 0.3) is 22.2 Å². The Morgan fingerprint density at radius 2 is 1.83 bits per heavy atom. The van der Waals surface area contributed by atoms with Crippen molar-refractivity contribution in [2.24, 2.45) is 0 Å². The number of sulfonamides is 1. The van der Waals surface area contributed by atoms with Crippen molar-refractivity contribution in [2.45, 2.75) is 13.3 Å². The molecule has 0 atom stereocenters. The topological polar surface area (TPSA) is 53.2 Å². The zero-order valence-corrected chi connectivity index (χ0v) is 13.7. The summed E-state index contributed by atoms with van der Waals surface area (Å²) in [7, 11) is -3.12. The Balaban J connectivity index is 1.69. The molecule has 1 aliphatic heterocycles. The summed E-state index contributed by atoms with van der Waals surface area (Å²) in [6.07, 6.45) is 0.700. The Bertz CT molecular complexity index is 972. The summed E-state index contributed by atoms with van der Waals surface area (Å²) < 4.78 is 25.5. The molecule has 0 amide bonds. The lowest BCUT2D eigenvalue weighted by molar-refractivity contribution is 0.599. The molecule has 1 fully saturated rings. The number of hydrogen-bond donors (Lipinski definition) is 1. The van der Waals surface area contributed by atoms with Crippen LogP contribution in [0.2, 0.25) is 0 Å². The number of fused-ring (bicyclic) bond motifs is 1. The molecule has 1 aromatic heterocycles. The zero-order valence-electron chi connectivity index (χ0n) is 12.9. The van der Waals surface area contributed by atoms with Crippen molar-refractivity contribution in [3.8, 4) is 11.3 Å². The maximum absolute atomic E-state index is 12.0. The van der Waals surface area contributed by atoms with Gasteiger partial charge < -0.3 is 4.98 Å². The molecule has 2 heterocycles. The maximum atomic E-state index is 12.0. The highest BCUT2D eigenvalue weighted by atomic mass is 32.2. The van der Waals surface area contributed by atoms with Gasteiger partial charge in [0.15, 0.2) is 0 Å². The highest BCUT2D eigenvalue weighted by molar-refractivity contribution is 7.93. The molecule has 1 N–H and O–H groups in total. The Kier molecular flexibility index (Phi) is 3.20. The van der Waals surface area contributed by atoms with Crippen LogP contribution in [0.4, 0.5) is 5.69 Å². The van der Waals surface area contributed by atoms with E-state index in [-0.39, 0.29) is 5.75 Å². The van der Waals surface area contributed by atoms with E-state index in [1.54, 1.807) is 0 Å². The summed E-state index contributed by atoms with van der Waals surface area (Å²) in [5.41, 5.74) is 5.19. The third-order valence-corrected chi connectivity index (χ3v) is 6.21. The number of rotatable bonds is 2. The average Bonchev–Trinajstić information content (AvgIpc) is 3.09. The summed E-state index contributed by atoms with van der Waals surface area (Å²) in [5, 5.41) is 1.18. The first-order chi connectivity index (χ1) is 11.0. The highest BCUT2D eigenvalue weighted by Crippen LogP contribution is 2.29. The van der Waals surface area contributed by atoms with Gasteiger partial charge >= 0.3 is 0 Å². The smallest absolute Gasteiger partial charge is 0.235 e. The van der Waals surface area contributed by atoms with E-state index in [9.17, 15) is 8.42 Å². The van der Waals surface area contributed by atoms with Gasteiger partial charge in [0.25, 0.3) is 0 Å². The molecular formula is C18H18N2O2S. The summed E-state index contributed by atoms with van der Waals surface area (Å²) in [6, 6.07) is 16.2. The lowest BCUT2D eigenvalue weighted by Gasteiger charge is -2.16. The molecule has 118 valence electrons. The van der Waals surface area contributed by atoms with Crippen LogP contribution in [-0.4, -0.2) is 25.7 Å². The van der Waals surface area contributed by atoms with Crippen molar-refractivity contribution < 1.29 is 8.42 Å². The molecule has 0 bridgehead atoms. The first-order valence-corrected chi connectivity index (χ1v) is 9.34. The van der Waals surface area contributed by atoms with Crippen molar-refractivity contribution in [3.63, 3.8) is 0 Å². The van der Waals surface area contributed by atoms with Crippen LogP contribution in [0.3, 0.4) is 0 Å². The van der Waals surface area contributed by atoms with Crippen molar-refractivity contribution in [2.75, 3.05) is 16.6 Å². The summed E-state index contributed by atoms with van der Waals surface area (Å²) in [6.45, 7) is 2.65. The fourth-order valence-corrected chi connectivity index (χ4v) is 4.70. The third-order valence-electron chi connectivity index (χ3n) is 4.34. The van der Waals surface area contributed by atoms with Crippen molar-refractivity contribution in [3.05, 3.63) is 54.1 Å². The van der Waals surface area contributed by atoms with Crippen molar-refractivity contribution in [1.29, 1.82) is 0 Å². The molecule has 5 heteroatoms. The van der Waals surface area contributed by atoms with E-state index >= 15 is 0 Å². The van der Waals surface area contributed by atoms with Gasteiger partial charge in [0, 0.05) is 23.1 Å². The first-order valence-electron chi connectivity index (χ1n) is 7.73. The number of aryl methyl sites for hydroxylation is 1. The summed E-state index contributed by atoms with van der Waals surface area (Å²) >= 11 is 0. The van der Waals surface area contributed by atoms with E-state index in [0.717, 1.165) is 22.5 Å². The van der Waals surface area contributed by atoms with Crippen LogP contribution in [0.5, 0.6) is 0 Å². The number of anilines is 1. The molecule has 0 aliphatic carbocycles. The van der Waals surface area contributed by atoms with Gasteiger partial charge in [-0.1, -0.05) is 24.3 Å². The van der Waals surface area contributed by atoms with Crippen LogP contribution < -0.4 is 4.31 Å². The van der Waals surface area contributed by atoms with E-state index in [1.165, 1.54) is 15.3 Å². The summed E-state index contributed by atoms with van der Waals surface area (Å²) in [4.78, 5) is 3.43. The Hall–Kier alpha value is -2.27. The second-order valence-electron chi connectivity index (χ2n) is 6.06. The Morgan fingerprint density at radius 1 is 1.04 bits per heavy atom. The van der Waals surface area contributed by atoms with Gasteiger partial charge in [-0.25, -0.2) is 8.42 Å². The monoisotopic (exact) mass is 326 g/mol. The minimum atomic E-state index is -3.12. The third kappa shape index (κ3) is 2.51. The van der Waals surface area contributed by atoms with Crippen molar-refractivity contribution >= 4 is 26.6 Å². The van der Waals surface area contributed by atoms with Gasteiger partial charge in [0.05, 0.1) is 11.4 Å². The molecule has 0 saturated carbocycles. The van der Waals surface area contributed by atoms with Crippen LogP contribution in [0.1, 0.15) is 12.0 Å². The van der Waals surface area contributed by atoms with E-state index in [2.05, 4.69) is 36.2 Å². The highest BCUT2D eigenvalue weighted by Gasteiger charge is 2.28. The lowest BCUT2D eigenvalue weighted by Crippen LogP contribution is -2.24. The average molecular weight is 326 g/mol. The number of benzene rings is 2. The predicted octanol–water partition coefficient (Wildman–Crippen LogP) is 3.68. The number of hydrogen-bond acceptors (Lipinski definition) is 2. The molecule has 2 aromatic carbocycles. The van der Waals surface area contributed by atoms with Crippen LogP contribution in [0.15, 0.2) is 48.5 Å². The molecule has 3 aromatic rings. The van der Waals surface area contributed by atoms with Crippen LogP contribution in [-0.2, 0) is 10.0 Å². The predicted molar refractivity (Wildman–Crippen MR) is 94.2 cm³/mol. The molecule has 1 saturated heterocycles. The summed E-state index contributed by atoms with van der Waals surface area (Å²) in [5.74, 6) is 0.246. The van der Waals surface area contributed by atoms with E-state index in [1.807, 2.05) is 24.3 Å². The van der Waals surface area contributed by atoms with Gasteiger partial charge in [-0.2, -0.15) is 0 Å².